The molecular weight excluding hydrogens is 211 g/mol. The molecule has 6 heteroatoms. The van der Waals surface area contributed by atoms with Crippen LogP contribution in [0.15, 0.2) is 23.1 Å². The summed E-state index contributed by atoms with van der Waals surface area (Å²) in [6.45, 7) is 1.70. The molecular formula is C8H9FO4S. The zero-order valence-electron chi connectivity index (χ0n) is 7.40. The first kappa shape index (κ1) is 10.9. The summed E-state index contributed by atoms with van der Waals surface area (Å²) in [6.07, 6.45) is 0. The molecule has 0 bridgehead atoms. The van der Waals surface area contributed by atoms with E-state index in [0.29, 0.717) is 0 Å². The normalized spacial score (nSPS) is 11.4. The molecule has 0 radical (unpaired) electrons. The van der Waals surface area contributed by atoms with Crippen molar-refractivity contribution in [1.82, 2.24) is 0 Å². The van der Waals surface area contributed by atoms with Gasteiger partial charge in [-0.05, 0) is 19.1 Å². The van der Waals surface area contributed by atoms with Crippen molar-refractivity contribution in [2.24, 2.45) is 0 Å². The van der Waals surface area contributed by atoms with Gasteiger partial charge >= 0.3 is 0 Å². The number of hydrogen-bond acceptors (Lipinski definition) is 3. The van der Waals surface area contributed by atoms with Crippen molar-refractivity contribution in [3.05, 3.63) is 24.0 Å². The fourth-order valence-electron chi connectivity index (χ4n) is 0.977. The minimum atomic E-state index is -4.44. The van der Waals surface area contributed by atoms with E-state index in [1.165, 1.54) is 6.07 Å². The second-order valence-electron chi connectivity index (χ2n) is 2.48. The quantitative estimate of drug-likeness (QED) is 0.783. The number of benzene rings is 1. The van der Waals surface area contributed by atoms with Crippen molar-refractivity contribution in [2.45, 2.75) is 11.8 Å². The lowest BCUT2D eigenvalue weighted by Crippen LogP contribution is -2.05. The fourth-order valence-corrected chi connectivity index (χ4v) is 1.62. The maximum atomic E-state index is 13.1. The number of para-hydroxylation sites is 1. The molecule has 0 fully saturated rings. The van der Waals surface area contributed by atoms with Gasteiger partial charge in [0.15, 0.2) is 11.6 Å². The predicted molar refractivity (Wildman–Crippen MR) is 47.4 cm³/mol. The molecule has 0 atom stereocenters. The van der Waals surface area contributed by atoms with Gasteiger partial charge in [0.1, 0.15) is 4.90 Å². The third-order valence-corrected chi connectivity index (χ3v) is 2.37. The molecule has 0 aromatic heterocycles. The Bertz CT molecular complexity index is 427. The Kier molecular flexibility index (Phi) is 3.07. The van der Waals surface area contributed by atoms with Gasteiger partial charge in [0.25, 0.3) is 10.1 Å². The Morgan fingerprint density at radius 2 is 2.14 bits per heavy atom. The first-order valence-corrected chi connectivity index (χ1v) is 5.29. The molecule has 1 N–H and O–H groups in total. The van der Waals surface area contributed by atoms with Gasteiger partial charge in [-0.2, -0.15) is 8.42 Å². The standard InChI is InChI=1S/C8H9FO4S/c1-2-13-8-6(9)4-3-5-7(8)14(10,11)12/h3-5H,2H2,1H3,(H,10,11,12). The average Bonchev–Trinajstić information content (AvgIpc) is 2.07. The summed E-state index contributed by atoms with van der Waals surface area (Å²) in [5.74, 6) is -1.26. The summed E-state index contributed by atoms with van der Waals surface area (Å²) < 4.78 is 48.2. The second-order valence-corrected chi connectivity index (χ2v) is 3.87. The topological polar surface area (TPSA) is 63.6 Å². The van der Waals surface area contributed by atoms with Gasteiger partial charge in [-0.3, -0.25) is 4.55 Å². The largest absolute Gasteiger partial charge is 0.489 e. The van der Waals surface area contributed by atoms with Crippen LogP contribution in [-0.4, -0.2) is 19.6 Å². The molecule has 0 amide bonds. The van der Waals surface area contributed by atoms with Crippen LogP contribution in [0.2, 0.25) is 0 Å². The van der Waals surface area contributed by atoms with Crippen molar-refractivity contribution >= 4 is 10.1 Å². The van der Waals surface area contributed by atoms with Crippen molar-refractivity contribution in [3.8, 4) is 5.75 Å². The van der Waals surface area contributed by atoms with E-state index in [-0.39, 0.29) is 6.61 Å². The second kappa shape index (κ2) is 3.93. The van der Waals surface area contributed by atoms with Crippen LogP contribution in [0.4, 0.5) is 4.39 Å². The lowest BCUT2D eigenvalue weighted by atomic mass is 10.3. The highest BCUT2D eigenvalue weighted by Crippen LogP contribution is 2.26. The van der Waals surface area contributed by atoms with Crippen molar-refractivity contribution in [1.29, 1.82) is 0 Å². The Balaban J connectivity index is 3.36. The molecule has 0 aliphatic rings. The monoisotopic (exact) mass is 220 g/mol. The van der Waals surface area contributed by atoms with Gasteiger partial charge in [-0.1, -0.05) is 6.07 Å². The SMILES string of the molecule is CCOc1c(F)cccc1S(=O)(=O)O. The lowest BCUT2D eigenvalue weighted by molar-refractivity contribution is 0.310. The number of ether oxygens (including phenoxy) is 1. The summed E-state index contributed by atoms with van der Waals surface area (Å²) in [7, 11) is -4.44. The van der Waals surface area contributed by atoms with Crippen molar-refractivity contribution < 1.29 is 22.1 Å². The first-order chi connectivity index (χ1) is 6.46. The van der Waals surface area contributed by atoms with Crippen LogP contribution >= 0.6 is 0 Å². The van der Waals surface area contributed by atoms with Crippen LogP contribution in [-0.2, 0) is 10.1 Å². The van der Waals surface area contributed by atoms with Crippen LogP contribution in [0.3, 0.4) is 0 Å². The van der Waals surface area contributed by atoms with Gasteiger partial charge in [0, 0.05) is 0 Å². The van der Waals surface area contributed by atoms with E-state index in [1.54, 1.807) is 6.92 Å². The van der Waals surface area contributed by atoms with Gasteiger partial charge in [0.05, 0.1) is 6.61 Å². The van der Waals surface area contributed by atoms with E-state index in [4.69, 9.17) is 9.29 Å². The highest BCUT2D eigenvalue weighted by Gasteiger charge is 2.19. The number of halogens is 1. The van der Waals surface area contributed by atoms with Gasteiger partial charge in [-0.25, -0.2) is 4.39 Å². The van der Waals surface area contributed by atoms with Gasteiger partial charge < -0.3 is 4.74 Å². The van der Waals surface area contributed by atoms with E-state index < -0.39 is 26.6 Å². The summed E-state index contributed by atoms with van der Waals surface area (Å²) in [5, 5.41) is 0. The van der Waals surface area contributed by atoms with E-state index in [9.17, 15) is 12.8 Å². The van der Waals surface area contributed by atoms with Crippen molar-refractivity contribution in [3.63, 3.8) is 0 Å². The number of hydrogen-bond donors (Lipinski definition) is 1. The molecule has 0 saturated heterocycles. The van der Waals surface area contributed by atoms with E-state index in [2.05, 4.69) is 0 Å². The maximum Gasteiger partial charge on any atom is 0.298 e. The van der Waals surface area contributed by atoms with E-state index in [0.717, 1.165) is 12.1 Å². The predicted octanol–water partition coefficient (Wildman–Crippen LogP) is 1.47. The van der Waals surface area contributed by atoms with Gasteiger partial charge in [0.2, 0.25) is 0 Å². The molecule has 0 unspecified atom stereocenters. The van der Waals surface area contributed by atoms with Crippen LogP contribution < -0.4 is 4.74 Å². The molecule has 4 nitrogen and oxygen atoms in total. The average molecular weight is 220 g/mol. The summed E-state index contributed by atoms with van der Waals surface area (Å²) >= 11 is 0. The highest BCUT2D eigenvalue weighted by molar-refractivity contribution is 7.86. The summed E-state index contributed by atoms with van der Waals surface area (Å²) in [4.78, 5) is -0.556. The highest BCUT2D eigenvalue weighted by atomic mass is 32.2. The smallest absolute Gasteiger partial charge is 0.298 e. The molecule has 0 saturated carbocycles. The van der Waals surface area contributed by atoms with Gasteiger partial charge in [-0.15, -0.1) is 0 Å². The third-order valence-electron chi connectivity index (χ3n) is 1.50. The minimum absolute atomic E-state index is 0.115. The zero-order chi connectivity index (χ0) is 10.8. The van der Waals surface area contributed by atoms with Crippen LogP contribution in [0.5, 0.6) is 5.75 Å². The molecule has 0 spiro atoms. The molecule has 0 aliphatic carbocycles. The fraction of sp³-hybridized carbons (Fsp3) is 0.250. The molecule has 78 valence electrons. The third kappa shape index (κ3) is 2.21. The zero-order valence-corrected chi connectivity index (χ0v) is 8.21. The van der Waals surface area contributed by atoms with Crippen LogP contribution in [0, 0.1) is 5.82 Å². The molecule has 14 heavy (non-hydrogen) atoms. The molecule has 1 rings (SSSR count). The molecule has 1 aromatic carbocycles. The Hall–Kier alpha value is -1.14. The van der Waals surface area contributed by atoms with Crippen LogP contribution in [0.1, 0.15) is 6.92 Å². The Morgan fingerprint density at radius 3 is 2.64 bits per heavy atom. The lowest BCUT2D eigenvalue weighted by Gasteiger charge is -2.07. The first-order valence-electron chi connectivity index (χ1n) is 3.85. The number of rotatable bonds is 3. The Labute approximate surface area is 81.1 Å². The summed E-state index contributed by atoms with van der Waals surface area (Å²) in [6, 6.07) is 3.31. The maximum absolute atomic E-state index is 13.1. The molecule has 0 aliphatic heterocycles. The summed E-state index contributed by atoms with van der Waals surface area (Å²) in [5.41, 5.74) is 0. The Morgan fingerprint density at radius 1 is 1.50 bits per heavy atom. The van der Waals surface area contributed by atoms with Crippen LogP contribution in [0.25, 0.3) is 0 Å². The molecule has 1 aromatic rings. The van der Waals surface area contributed by atoms with E-state index in [1.807, 2.05) is 0 Å². The van der Waals surface area contributed by atoms with Crippen molar-refractivity contribution in [2.75, 3.05) is 6.61 Å². The van der Waals surface area contributed by atoms with E-state index >= 15 is 0 Å². The minimum Gasteiger partial charge on any atom is -0.489 e. The molecule has 0 heterocycles.